The number of likely N-dealkylation sites (N-methyl/N-ethyl adjacent to an activating group) is 2. The van der Waals surface area contributed by atoms with Gasteiger partial charge in [0.05, 0.1) is 97.3 Å². The molecule has 72 heavy (non-hydrogen) atoms. The van der Waals surface area contributed by atoms with E-state index in [2.05, 4.69) is 14.1 Å². The zero-order chi connectivity index (χ0) is 50.6. The second-order valence-electron chi connectivity index (χ2n) is 18.7. The average molecular weight is 1230 g/mol. The number of nitrogens with zero attached hydrogens (tertiary/aromatic N) is 2. The summed E-state index contributed by atoms with van der Waals surface area (Å²) in [5.74, 6) is 3.70. The van der Waals surface area contributed by atoms with Gasteiger partial charge in [-0.2, -0.15) is 0 Å². The predicted octanol–water partition coefficient (Wildman–Crippen LogP) is 0.405. The number of fused-ring (bicyclic) bond motifs is 2. The Morgan fingerprint density at radius 2 is 0.806 bits per heavy atom. The van der Waals surface area contributed by atoms with Gasteiger partial charge in [0, 0.05) is 36.8 Å². The number of rotatable bonds is 25. The van der Waals surface area contributed by atoms with Crippen LogP contribution in [0.2, 0.25) is 0 Å². The standard InChI is InChI=1S/C54H74N2O14.2HI/c1-55(21-19-37-29-49(65-7)51(67-9)31-39(37)41(55)25-35-15-17-45(61-3)47(27-35)63-5)33-43(57)53(59)69-23-13-11-12-14-24-70-54(60)44(58)34-56(2)22-20-38-30-50(66-8)52(68-10)32-40(38)42(56)26-36-16-18-46(62-4)48(28-36)64-6;;/h15-18,27-32,41-44,57-58H,11-14,19-26,33-34H2,1-10H3;2*1H/q+2;;/p-2/t41-,42-,43-,44+,55?,56?;;/m1../s1. The van der Waals surface area contributed by atoms with Gasteiger partial charge in [-0.15, -0.1) is 0 Å². The first kappa shape index (κ1) is 60.1. The van der Waals surface area contributed by atoms with Gasteiger partial charge in [-0.3, -0.25) is 0 Å². The second kappa shape index (κ2) is 27.7. The van der Waals surface area contributed by atoms with Gasteiger partial charge in [-0.25, -0.2) is 9.59 Å². The van der Waals surface area contributed by atoms with E-state index in [0.29, 0.717) is 119 Å². The summed E-state index contributed by atoms with van der Waals surface area (Å²) in [4.78, 5) is 26.5. The van der Waals surface area contributed by atoms with Gasteiger partial charge >= 0.3 is 11.9 Å². The molecule has 0 bridgehead atoms. The number of carbonyl (C=O) groups excluding carboxylic acids is 2. The lowest BCUT2D eigenvalue weighted by Crippen LogP contribution is -3.00. The number of halogens is 2. The van der Waals surface area contributed by atoms with E-state index in [1.165, 1.54) is 0 Å². The molecule has 18 heteroatoms. The van der Waals surface area contributed by atoms with Crippen LogP contribution in [-0.4, -0.2) is 154 Å². The van der Waals surface area contributed by atoms with Crippen molar-refractivity contribution in [2.45, 2.75) is 75.7 Å². The molecule has 0 spiro atoms. The summed E-state index contributed by atoms with van der Waals surface area (Å²) in [7, 11) is 17.0. The highest BCUT2D eigenvalue weighted by atomic mass is 127. The van der Waals surface area contributed by atoms with Gasteiger partial charge in [0.1, 0.15) is 25.2 Å². The van der Waals surface area contributed by atoms with E-state index in [4.69, 9.17) is 47.4 Å². The average Bonchev–Trinajstić information content (AvgIpc) is 3.37. The first-order chi connectivity index (χ1) is 33.7. The molecule has 16 nitrogen and oxygen atoms in total. The molecule has 2 N–H and O–H groups in total. The Balaban J connectivity index is 0.00000562. The van der Waals surface area contributed by atoms with Crippen LogP contribution in [0, 0.1) is 0 Å². The summed E-state index contributed by atoms with van der Waals surface area (Å²) < 4.78 is 56.8. The number of aliphatic hydroxyl groups excluding tert-OH is 2. The number of hydrogen-bond donors (Lipinski definition) is 2. The number of unbranched alkanes of at least 4 members (excludes halogenated alkanes) is 3. The molecule has 4 aromatic rings. The van der Waals surface area contributed by atoms with Crippen LogP contribution >= 0.6 is 0 Å². The number of quaternary nitrogens is 2. The number of hydrogen-bond acceptors (Lipinski definition) is 14. The summed E-state index contributed by atoms with van der Waals surface area (Å²) in [5.41, 5.74) is 6.40. The molecule has 4 aromatic carbocycles. The molecule has 0 aliphatic carbocycles. The van der Waals surface area contributed by atoms with Gasteiger partial charge in [-0.05, 0) is 96.5 Å². The summed E-state index contributed by atoms with van der Waals surface area (Å²) >= 11 is 0. The molecule has 6 atom stereocenters. The molecule has 0 fully saturated rings. The van der Waals surface area contributed by atoms with E-state index in [-0.39, 0.29) is 86.3 Å². The molecular weight excluding hydrogens is 1150 g/mol. The lowest BCUT2D eigenvalue weighted by Gasteiger charge is -2.46. The number of methoxy groups -OCH3 is 8. The molecule has 0 aromatic heterocycles. The fraction of sp³-hybridized carbons (Fsp3) is 0.519. The van der Waals surface area contributed by atoms with Crippen molar-refractivity contribution >= 4 is 11.9 Å². The highest BCUT2D eigenvalue weighted by Gasteiger charge is 2.44. The van der Waals surface area contributed by atoms with Crippen molar-refractivity contribution in [1.82, 2.24) is 0 Å². The van der Waals surface area contributed by atoms with Gasteiger partial charge in [-0.1, -0.05) is 12.1 Å². The summed E-state index contributed by atoms with van der Waals surface area (Å²) in [6.07, 6.45) is 2.51. The first-order valence-electron chi connectivity index (χ1n) is 24.0. The van der Waals surface area contributed by atoms with E-state index in [9.17, 15) is 19.8 Å². The minimum atomic E-state index is -1.35. The molecule has 0 saturated heterocycles. The lowest BCUT2D eigenvalue weighted by molar-refractivity contribution is -0.943. The number of ether oxygens (including phenoxy) is 10. The molecule has 2 aliphatic heterocycles. The Labute approximate surface area is 459 Å². The largest absolute Gasteiger partial charge is 1.00 e. The fourth-order valence-corrected chi connectivity index (χ4v) is 10.3. The summed E-state index contributed by atoms with van der Waals surface area (Å²) in [5, 5.41) is 22.7. The highest BCUT2D eigenvalue weighted by Crippen LogP contribution is 2.45. The molecule has 2 unspecified atom stereocenters. The minimum Gasteiger partial charge on any atom is -1.00 e. The summed E-state index contributed by atoms with van der Waals surface area (Å²) in [6, 6.07) is 19.5. The van der Waals surface area contributed by atoms with Crippen molar-refractivity contribution in [3.8, 4) is 46.0 Å². The van der Waals surface area contributed by atoms with E-state index >= 15 is 0 Å². The molecule has 2 heterocycles. The third kappa shape index (κ3) is 14.2. The molecule has 0 radical (unpaired) electrons. The Kier molecular flexibility index (Phi) is 23.1. The predicted molar refractivity (Wildman–Crippen MR) is 263 cm³/mol. The molecular formula is C54H74I2N2O14. The number of esters is 2. The van der Waals surface area contributed by atoms with Crippen LogP contribution in [0.15, 0.2) is 60.7 Å². The van der Waals surface area contributed by atoms with Gasteiger partial charge in [0.15, 0.2) is 46.0 Å². The zero-order valence-corrected chi connectivity index (χ0v) is 47.7. The van der Waals surface area contributed by atoms with Crippen LogP contribution in [0.4, 0.5) is 0 Å². The minimum absolute atomic E-state index is 0. The van der Waals surface area contributed by atoms with E-state index in [0.717, 1.165) is 33.4 Å². The van der Waals surface area contributed by atoms with Crippen molar-refractivity contribution in [1.29, 1.82) is 0 Å². The molecule has 398 valence electrons. The Morgan fingerprint density at radius 1 is 0.486 bits per heavy atom. The number of carbonyl (C=O) groups is 2. The normalized spacial score (nSPS) is 19.6. The Bertz CT molecular complexity index is 2260. The quantitative estimate of drug-likeness (QED) is 0.0406. The maximum Gasteiger partial charge on any atom is 0.340 e. The maximum absolute atomic E-state index is 13.3. The smallest absolute Gasteiger partial charge is 0.340 e. The van der Waals surface area contributed by atoms with Crippen LogP contribution in [0.25, 0.3) is 0 Å². The molecule has 6 rings (SSSR count). The molecule has 0 amide bonds. The van der Waals surface area contributed by atoms with Crippen molar-refractivity contribution in [2.75, 3.05) is 110 Å². The van der Waals surface area contributed by atoms with Gasteiger partial charge < -0.3 is 115 Å². The van der Waals surface area contributed by atoms with Crippen LogP contribution in [0.3, 0.4) is 0 Å². The maximum atomic E-state index is 13.3. The van der Waals surface area contributed by atoms with Crippen LogP contribution in [-0.2, 0) is 44.7 Å². The van der Waals surface area contributed by atoms with Gasteiger partial charge in [0.25, 0.3) is 0 Å². The van der Waals surface area contributed by atoms with Gasteiger partial charge in [0.2, 0.25) is 12.2 Å². The SMILES string of the molecule is COc1ccc(C[C@@H]2c3cc(OC)c(OC)cc3CC[N+]2(C)C[C@@H](O)C(=O)OCCCCCCOC(=O)[C@@H](O)C[N+]2(C)CCc3cc(OC)c(OC)cc3[C@H]2Cc2ccc(OC)c(OC)c2)cc1OC.[I-].[I-]. The van der Waals surface area contributed by atoms with Crippen molar-refractivity contribution in [2.24, 2.45) is 0 Å². The number of benzene rings is 4. The van der Waals surface area contributed by atoms with Crippen LogP contribution < -0.4 is 85.8 Å². The number of aliphatic hydroxyl groups is 2. The second-order valence-corrected chi connectivity index (χ2v) is 18.7. The van der Waals surface area contributed by atoms with E-state index in [1.54, 1.807) is 56.9 Å². The third-order valence-corrected chi connectivity index (χ3v) is 14.3. The van der Waals surface area contributed by atoms with Crippen LogP contribution in [0.1, 0.15) is 71.1 Å². The van der Waals surface area contributed by atoms with Crippen molar-refractivity contribution in [3.63, 3.8) is 0 Å². The molecule has 0 saturated carbocycles. The Hall–Kier alpha value is -4.48. The third-order valence-electron chi connectivity index (χ3n) is 14.3. The topological polar surface area (TPSA) is 167 Å². The summed E-state index contributed by atoms with van der Waals surface area (Å²) in [6.45, 7) is 1.94. The highest BCUT2D eigenvalue weighted by molar-refractivity contribution is 5.75. The van der Waals surface area contributed by atoms with E-state index in [1.807, 2.05) is 60.7 Å². The Morgan fingerprint density at radius 3 is 1.14 bits per heavy atom. The van der Waals surface area contributed by atoms with Crippen molar-refractivity contribution in [3.05, 3.63) is 94.0 Å². The monoisotopic (exact) mass is 1230 g/mol. The van der Waals surface area contributed by atoms with Crippen LogP contribution in [0.5, 0.6) is 46.0 Å². The first-order valence-corrected chi connectivity index (χ1v) is 24.0. The lowest BCUT2D eigenvalue weighted by atomic mass is 9.86. The van der Waals surface area contributed by atoms with E-state index < -0.39 is 24.1 Å². The molecule has 2 aliphatic rings. The van der Waals surface area contributed by atoms with Crippen molar-refractivity contribution < 1.29 is 124 Å². The fourth-order valence-electron chi connectivity index (χ4n) is 10.3. The zero-order valence-electron chi connectivity index (χ0n) is 43.4.